The van der Waals surface area contributed by atoms with Crippen molar-refractivity contribution in [1.82, 2.24) is 10.3 Å². The van der Waals surface area contributed by atoms with E-state index in [-0.39, 0.29) is 6.04 Å². The fraction of sp³-hybridized carbons (Fsp3) is 0.235. The second-order valence-electron chi connectivity index (χ2n) is 4.84. The van der Waals surface area contributed by atoms with Crippen LogP contribution in [0.25, 0.3) is 10.9 Å². The summed E-state index contributed by atoms with van der Waals surface area (Å²) in [7, 11) is 1.96. The maximum Gasteiger partial charge on any atom is 0.108 e. The highest BCUT2D eigenvalue weighted by Gasteiger charge is 2.18. The minimum atomic E-state index is 0.112. The molecular weight excluding hydrogens is 248 g/mol. The van der Waals surface area contributed by atoms with Crippen LogP contribution in [0.15, 0.2) is 53.3 Å². The van der Waals surface area contributed by atoms with Crippen LogP contribution < -0.4 is 5.32 Å². The third-order valence-electron chi connectivity index (χ3n) is 3.65. The lowest BCUT2D eigenvalue weighted by Gasteiger charge is -2.16. The molecule has 0 bridgehead atoms. The Bertz CT molecular complexity index is 718. The van der Waals surface area contributed by atoms with E-state index in [4.69, 9.17) is 4.42 Å². The van der Waals surface area contributed by atoms with Crippen molar-refractivity contribution < 1.29 is 4.42 Å². The number of fused-ring (bicyclic) bond motifs is 1. The minimum absolute atomic E-state index is 0.112. The van der Waals surface area contributed by atoms with Crippen LogP contribution in [0.3, 0.4) is 0 Å². The molecule has 3 aromatic rings. The molecule has 0 saturated carbocycles. The first kappa shape index (κ1) is 12.9. The van der Waals surface area contributed by atoms with E-state index in [2.05, 4.69) is 29.4 Å². The number of rotatable bonds is 4. The third-order valence-corrected chi connectivity index (χ3v) is 3.65. The van der Waals surface area contributed by atoms with E-state index in [1.54, 1.807) is 6.26 Å². The van der Waals surface area contributed by atoms with Gasteiger partial charge in [-0.3, -0.25) is 4.98 Å². The molecule has 102 valence electrons. The van der Waals surface area contributed by atoms with Crippen molar-refractivity contribution in [3.8, 4) is 0 Å². The molecular formula is C17H18N2O. The largest absolute Gasteiger partial charge is 0.469 e. The van der Waals surface area contributed by atoms with Gasteiger partial charge in [-0.25, -0.2) is 0 Å². The average molecular weight is 266 g/mol. The molecule has 0 amide bonds. The van der Waals surface area contributed by atoms with Crippen molar-refractivity contribution >= 4 is 10.9 Å². The van der Waals surface area contributed by atoms with E-state index < -0.39 is 0 Å². The highest BCUT2D eigenvalue weighted by molar-refractivity contribution is 5.79. The highest BCUT2D eigenvalue weighted by Crippen LogP contribution is 2.27. The molecule has 1 N–H and O–H groups in total. The molecule has 3 nitrogen and oxygen atoms in total. The Morgan fingerprint density at radius 1 is 1.25 bits per heavy atom. The smallest absolute Gasteiger partial charge is 0.108 e. The van der Waals surface area contributed by atoms with Gasteiger partial charge >= 0.3 is 0 Å². The van der Waals surface area contributed by atoms with Gasteiger partial charge in [-0.15, -0.1) is 0 Å². The number of pyridine rings is 1. The van der Waals surface area contributed by atoms with Gasteiger partial charge in [0, 0.05) is 23.6 Å². The molecule has 0 spiro atoms. The summed E-state index contributed by atoms with van der Waals surface area (Å²) in [4.78, 5) is 4.54. The molecule has 1 aromatic carbocycles. The zero-order valence-electron chi connectivity index (χ0n) is 11.8. The van der Waals surface area contributed by atoms with Crippen molar-refractivity contribution in [1.29, 1.82) is 0 Å². The number of furan rings is 1. The van der Waals surface area contributed by atoms with Crippen molar-refractivity contribution in [3.63, 3.8) is 0 Å². The van der Waals surface area contributed by atoms with Crippen LogP contribution in [-0.2, 0) is 6.42 Å². The zero-order chi connectivity index (χ0) is 13.9. The molecule has 0 radical (unpaired) electrons. The first-order valence-corrected chi connectivity index (χ1v) is 6.91. The Balaban J connectivity index is 2.07. The van der Waals surface area contributed by atoms with Crippen molar-refractivity contribution in [2.75, 3.05) is 7.05 Å². The normalized spacial score (nSPS) is 12.7. The maximum absolute atomic E-state index is 5.55. The highest BCUT2D eigenvalue weighted by atomic mass is 16.3. The lowest BCUT2D eigenvalue weighted by atomic mass is 9.98. The molecule has 1 atom stereocenters. The van der Waals surface area contributed by atoms with Crippen LogP contribution >= 0.6 is 0 Å². The van der Waals surface area contributed by atoms with E-state index in [1.807, 2.05) is 37.5 Å². The molecule has 0 aliphatic carbocycles. The van der Waals surface area contributed by atoms with Crippen LogP contribution in [0, 0.1) is 0 Å². The van der Waals surface area contributed by atoms with E-state index in [9.17, 15) is 0 Å². The second kappa shape index (κ2) is 5.47. The maximum atomic E-state index is 5.55. The summed E-state index contributed by atoms with van der Waals surface area (Å²) < 4.78 is 5.55. The standard InChI is InChI=1S/C17H18N2O/c1-3-16-14(8-9-20-16)17(18-2)13-10-12-6-4-5-7-15(12)19-11-13/h4-11,17-18H,3H2,1-2H3. The number of nitrogens with zero attached hydrogens (tertiary/aromatic N) is 1. The van der Waals surface area contributed by atoms with E-state index in [0.717, 1.165) is 28.6 Å². The van der Waals surface area contributed by atoms with Crippen LogP contribution in [-0.4, -0.2) is 12.0 Å². The van der Waals surface area contributed by atoms with Gasteiger partial charge in [0.2, 0.25) is 0 Å². The van der Waals surface area contributed by atoms with Crippen LogP contribution in [0.2, 0.25) is 0 Å². The van der Waals surface area contributed by atoms with Gasteiger partial charge in [0.15, 0.2) is 0 Å². The molecule has 0 aliphatic heterocycles. The van der Waals surface area contributed by atoms with Crippen LogP contribution in [0.4, 0.5) is 0 Å². The first-order valence-electron chi connectivity index (χ1n) is 6.91. The number of hydrogen-bond acceptors (Lipinski definition) is 3. The van der Waals surface area contributed by atoms with Gasteiger partial charge in [-0.2, -0.15) is 0 Å². The summed E-state index contributed by atoms with van der Waals surface area (Å²) in [6.45, 7) is 2.10. The predicted molar refractivity (Wildman–Crippen MR) is 80.7 cm³/mol. The van der Waals surface area contributed by atoms with Crippen molar-refractivity contribution in [3.05, 3.63) is 65.7 Å². The predicted octanol–water partition coefficient (Wildman–Crippen LogP) is 3.70. The lowest BCUT2D eigenvalue weighted by Crippen LogP contribution is -2.18. The van der Waals surface area contributed by atoms with Gasteiger partial charge < -0.3 is 9.73 Å². The Morgan fingerprint density at radius 2 is 2.10 bits per heavy atom. The average Bonchev–Trinajstić information content (AvgIpc) is 2.96. The number of nitrogens with one attached hydrogen (secondary N) is 1. The van der Waals surface area contributed by atoms with Gasteiger partial charge in [-0.1, -0.05) is 25.1 Å². The van der Waals surface area contributed by atoms with E-state index in [1.165, 1.54) is 5.56 Å². The van der Waals surface area contributed by atoms with E-state index >= 15 is 0 Å². The summed E-state index contributed by atoms with van der Waals surface area (Å²) in [5.41, 5.74) is 3.36. The number of aromatic nitrogens is 1. The molecule has 3 heteroatoms. The Hall–Kier alpha value is -2.13. The Morgan fingerprint density at radius 3 is 2.90 bits per heavy atom. The summed E-state index contributed by atoms with van der Waals surface area (Å²) >= 11 is 0. The SMILES string of the molecule is CCc1occc1C(NC)c1cnc2ccccc2c1. The quantitative estimate of drug-likeness (QED) is 0.782. The fourth-order valence-corrected chi connectivity index (χ4v) is 2.64. The number of benzene rings is 1. The fourth-order valence-electron chi connectivity index (χ4n) is 2.64. The summed E-state index contributed by atoms with van der Waals surface area (Å²) in [5.74, 6) is 1.03. The third kappa shape index (κ3) is 2.21. The van der Waals surface area contributed by atoms with Gasteiger partial charge in [-0.05, 0) is 30.8 Å². The number of hydrogen-bond donors (Lipinski definition) is 1. The Kier molecular flexibility index (Phi) is 3.52. The topological polar surface area (TPSA) is 38.1 Å². The minimum Gasteiger partial charge on any atom is -0.469 e. The summed E-state index contributed by atoms with van der Waals surface area (Å²) in [6.07, 6.45) is 4.59. The monoisotopic (exact) mass is 266 g/mol. The van der Waals surface area contributed by atoms with Crippen LogP contribution in [0.5, 0.6) is 0 Å². The van der Waals surface area contributed by atoms with Gasteiger partial charge in [0.25, 0.3) is 0 Å². The summed E-state index contributed by atoms with van der Waals surface area (Å²) in [5, 5.41) is 4.52. The molecule has 20 heavy (non-hydrogen) atoms. The summed E-state index contributed by atoms with van der Waals surface area (Å²) in [6, 6.07) is 12.5. The van der Waals surface area contributed by atoms with Gasteiger partial charge in [0.1, 0.15) is 5.76 Å². The van der Waals surface area contributed by atoms with Crippen molar-refractivity contribution in [2.24, 2.45) is 0 Å². The van der Waals surface area contributed by atoms with Crippen LogP contribution in [0.1, 0.15) is 29.9 Å². The molecule has 2 aromatic heterocycles. The number of para-hydroxylation sites is 1. The van der Waals surface area contributed by atoms with Gasteiger partial charge in [0.05, 0.1) is 17.8 Å². The molecule has 0 aliphatic rings. The van der Waals surface area contributed by atoms with E-state index in [0.29, 0.717) is 0 Å². The second-order valence-corrected chi connectivity index (χ2v) is 4.84. The molecule has 1 unspecified atom stereocenters. The first-order chi connectivity index (χ1) is 9.83. The van der Waals surface area contributed by atoms with Crippen molar-refractivity contribution in [2.45, 2.75) is 19.4 Å². The molecule has 0 saturated heterocycles. The molecule has 2 heterocycles. The molecule has 0 fully saturated rings. The lowest BCUT2D eigenvalue weighted by molar-refractivity contribution is 0.505. The number of aryl methyl sites for hydroxylation is 1. The zero-order valence-corrected chi connectivity index (χ0v) is 11.8. The Labute approximate surface area is 118 Å². The molecule has 3 rings (SSSR count).